The van der Waals surface area contributed by atoms with E-state index < -0.39 is 0 Å². The van der Waals surface area contributed by atoms with Crippen molar-refractivity contribution in [2.75, 3.05) is 11.9 Å². The van der Waals surface area contributed by atoms with Crippen molar-refractivity contribution in [2.24, 2.45) is 5.73 Å². The predicted molar refractivity (Wildman–Crippen MR) is 110 cm³/mol. The van der Waals surface area contributed by atoms with Crippen LogP contribution in [0.1, 0.15) is 42.7 Å². The SMILES string of the molecule is NCCCCCCC(=O)Nc1ccc(Cc2nc3ccccc3s2)cc1. The zero-order valence-corrected chi connectivity index (χ0v) is 15.7. The van der Waals surface area contributed by atoms with E-state index in [2.05, 4.69) is 28.5 Å². The summed E-state index contributed by atoms with van der Waals surface area (Å²) in [7, 11) is 0. The van der Waals surface area contributed by atoms with Crippen LogP contribution in [0.15, 0.2) is 48.5 Å². The minimum atomic E-state index is 0.0803. The summed E-state index contributed by atoms with van der Waals surface area (Å²) in [6.45, 7) is 0.732. The number of nitrogens with one attached hydrogen (secondary N) is 1. The lowest BCUT2D eigenvalue weighted by Gasteiger charge is -2.06. The Hall–Kier alpha value is -2.24. The molecule has 0 bridgehead atoms. The van der Waals surface area contributed by atoms with Crippen molar-refractivity contribution >= 4 is 33.1 Å². The fourth-order valence-electron chi connectivity index (χ4n) is 2.88. The van der Waals surface area contributed by atoms with Crippen molar-refractivity contribution in [3.63, 3.8) is 0 Å². The maximum Gasteiger partial charge on any atom is 0.224 e. The van der Waals surface area contributed by atoms with Crippen LogP contribution in [0.3, 0.4) is 0 Å². The Bertz CT molecular complexity index is 809. The Labute approximate surface area is 158 Å². The highest BCUT2D eigenvalue weighted by Crippen LogP contribution is 2.24. The van der Waals surface area contributed by atoms with E-state index in [4.69, 9.17) is 5.73 Å². The fraction of sp³-hybridized carbons (Fsp3) is 0.333. The number of hydrogen-bond donors (Lipinski definition) is 2. The highest BCUT2D eigenvalue weighted by atomic mass is 32.1. The van der Waals surface area contributed by atoms with Gasteiger partial charge in [0, 0.05) is 18.5 Å². The molecule has 26 heavy (non-hydrogen) atoms. The van der Waals surface area contributed by atoms with Gasteiger partial charge in [-0.25, -0.2) is 4.98 Å². The summed E-state index contributed by atoms with van der Waals surface area (Å²) >= 11 is 1.73. The smallest absolute Gasteiger partial charge is 0.224 e. The second-order valence-corrected chi connectivity index (χ2v) is 7.57. The summed E-state index contributed by atoms with van der Waals surface area (Å²) in [5, 5.41) is 4.08. The lowest BCUT2D eigenvalue weighted by molar-refractivity contribution is -0.116. The molecule has 0 spiro atoms. The van der Waals surface area contributed by atoms with E-state index in [1.165, 1.54) is 10.3 Å². The van der Waals surface area contributed by atoms with Gasteiger partial charge in [-0.1, -0.05) is 37.1 Å². The Morgan fingerprint density at radius 2 is 1.77 bits per heavy atom. The van der Waals surface area contributed by atoms with Crippen molar-refractivity contribution < 1.29 is 4.79 Å². The highest BCUT2D eigenvalue weighted by molar-refractivity contribution is 7.18. The van der Waals surface area contributed by atoms with Gasteiger partial charge in [-0.05, 0) is 49.2 Å². The minimum Gasteiger partial charge on any atom is -0.330 e. The number of aromatic nitrogens is 1. The Balaban J connectivity index is 1.49. The number of rotatable bonds is 9. The topological polar surface area (TPSA) is 68.0 Å². The van der Waals surface area contributed by atoms with Crippen molar-refractivity contribution in [2.45, 2.75) is 38.5 Å². The van der Waals surface area contributed by atoms with Crippen LogP contribution in [0.2, 0.25) is 0 Å². The van der Waals surface area contributed by atoms with Gasteiger partial charge in [0.05, 0.1) is 15.2 Å². The van der Waals surface area contributed by atoms with Gasteiger partial charge in [0.2, 0.25) is 5.91 Å². The van der Waals surface area contributed by atoms with Crippen LogP contribution < -0.4 is 11.1 Å². The number of carbonyl (C=O) groups is 1. The number of nitrogens with two attached hydrogens (primary N) is 1. The van der Waals surface area contributed by atoms with E-state index in [-0.39, 0.29) is 5.91 Å². The monoisotopic (exact) mass is 367 g/mol. The molecule has 5 heteroatoms. The third-order valence-corrected chi connectivity index (χ3v) is 5.33. The Morgan fingerprint density at radius 3 is 2.54 bits per heavy atom. The normalized spacial score (nSPS) is 11.0. The van der Waals surface area contributed by atoms with E-state index >= 15 is 0 Å². The molecule has 4 nitrogen and oxygen atoms in total. The molecule has 0 aliphatic rings. The van der Waals surface area contributed by atoms with E-state index in [1.807, 2.05) is 30.3 Å². The molecule has 1 amide bonds. The summed E-state index contributed by atoms with van der Waals surface area (Å²) in [6, 6.07) is 16.3. The van der Waals surface area contributed by atoms with Crippen LogP contribution in [-0.2, 0) is 11.2 Å². The molecular weight excluding hydrogens is 342 g/mol. The molecule has 3 aromatic rings. The molecule has 0 atom stereocenters. The molecule has 0 radical (unpaired) electrons. The van der Waals surface area contributed by atoms with Gasteiger partial charge >= 0.3 is 0 Å². The van der Waals surface area contributed by atoms with Gasteiger partial charge in [-0.15, -0.1) is 11.3 Å². The average Bonchev–Trinajstić information content (AvgIpc) is 3.05. The van der Waals surface area contributed by atoms with Crippen LogP contribution in [0.5, 0.6) is 0 Å². The number of hydrogen-bond acceptors (Lipinski definition) is 4. The third-order valence-electron chi connectivity index (χ3n) is 4.29. The standard InChI is InChI=1S/C21H25N3OS/c22-14-6-2-1-3-9-20(25)23-17-12-10-16(11-13-17)15-21-24-18-7-4-5-8-19(18)26-21/h4-5,7-8,10-13H,1-3,6,9,14-15,22H2,(H,23,25). The molecule has 0 saturated carbocycles. The first kappa shape index (κ1) is 18.5. The zero-order chi connectivity index (χ0) is 18.2. The van der Waals surface area contributed by atoms with Crippen molar-refractivity contribution in [3.05, 3.63) is 59.1 Å². The molecule has 3 N–H and O–H groups in total. The first-order chi connectivity index (χ1) is 12.7. The van der Waals surface area contributed by atoms with Gasteiger partial charge in [0.15, 0.2) is 0 Å². The van der Waals surface area contributed by atoms with Gasteiger partial charge < -0.3 is 11.1 Å². The molecule has 1 aromatic heterocycles. The van der Waals surface area contributed by atoms with Crippen molar-refractivity contribution in [1.29, 1.82) is 0 Å². The number of fused-ring (bicyclic) bond motifs is 1. The number of amides is 1. The number of unbranched alkanes of at least 4 members (excludes halogenated alkanes) is 3. The van der Waals surface area contributed by atoms with Crippen LogP contribution in [-0.4, -0.2) is 17.4 Å². The quantitative estimate of drug-likeness (QED) is 0.537. The van der Waals surface area contributed by atoms with Crippen molar-refractivity contribution in [3.8, 4) is 0 Å². The summed E-state index contributed by atoms with van der Waals surface area (Å²) in [5.74, 6) is 0.0803. The zero-order valence-electron chi connectivity index (χ0n) is 14.9. The maximum absolute atomic E-state index is 12.0. The summed E-state index contributed by atoms with van der Waals surface area (Å²) in [5.41, 5.74) is 8.58. The average molecular weight is 368 g/mol. The van der Waals surface area contributed by atoms with Gasteiger partial charge in [-0.3, -0.25) is 4.79 Å². The van der Waals surface area contributed by atoms with Gasteiger partial charge in [0.1, 0.15) is 0 Å². The molecule has 0 fully saturated rings. The molecule has 0 saturated heterocycles. The summed E-state index contributed by atoms with van der Waals surface area (Å²) < 4.78 is 1.22. The first-order valence-electron chi connectivity index (χ1n) is 9.18. The molecule has 136 valence electrons. The number of anilines is 1. The first-order valence-corrected chi connectivity index (χ1v) is 9.99. The van der Waals surface area contributed by atoms with E-state index in [0.717, 1.165) is 54.9 Å². The molecule has 0 aliphatic heterocycles. The predicted octanol–water partition coefficient (Wildman–Crippen LogP) is 4.73. The molecular formula is C21H25N3OS. The molecule has 1 heterocycles. The number of benzene rings is 2. The third kappa shape index (κ3) is 5.38. The second-order valence-electron chi connectivity index (χ2n) is 6.45. The molecule has 3 rings (SSSR count). The minimum absolute atomic E-state index is 0.0803. The lowest BCUT2D eigenvalue weighted by Crippen LogP contribution is -2.11. The summed E-state index contributed by atoms with van der Waals surface area (Å²) in [6.07, 6.45) is 5.50. The van der Waals surface area contributed by atoms with E-state index in [1.54, 1.807) is 11.3 Å². The van der Waals surface area contributed by atoms with Crippen LogP contribution >= 0.6 is 11.3 Å². The summed E-state index contributed by atoms with van der Waals surface area (Å²) in [4.78, 5) is 16.7. The molecule has 0 aliphatic carbocycles. The maximum atomic E-state index is 12.0. The van der Waals surface area contributed by atoms with Gasteiger partial charge in [0.25, 0.3) is 0 Å². The van der Waals surface area contributed by atoms with Crippen molar-refractivity contribution in [1.82, 2.24) is 4.98 Å². The van der Waals surface area contributed by atoms with Crippen LogP contribution in [0, 0.1) is 0 Å². The van der Waals surface area contributed by atoms with E-state index in [9.17, 15) is 4.79 Å². The Morgan fingerprint density at radius 1 is 1.00 bits per heavy atom. The van der Waals surface area contributed by atoms with Crippen LogP contribution in [0.25, 0.3) is 10.2 Å². The Kier molecular flexibility index (Phi) is 6.75. The molecule has 2 aromatic carbocycles. The number of thiazole rings is 1. The second kappa shape index (κ2) is 9.46. The lowest BCUT2D eigenvalue weighted by atomic mass is 10.1. The van der Waals surface area contributed by atoms with Crippen LogP contribution in [0.4, 0.5) is 5.69 Å². The fourth-order valence-corrected chi connectivity index (χ4v) is 3.88. The molecule has 0 unspecified atom stereocenters. The number of nitrogens with zero attached hydrogens (tertiary/aromatic N) is 1. The number of carbonyl (C=O) groups excluding carboxylic acids is 1. The largest absolute Gasteiger partial charge is 0.330 e. The highest BCUT2D eigenvalue weighted by Gasteiger charge is 2.06. The number of para-hydroxylation sites is 1. The van der Waals surface area contributed by atoms with E-state index in [0.29, 0.717) is 6.42 Å². The van der Waals surface area contributed by atoms with Gasteiger partial charge in [-0.2, -0.15) is 0 Å².